The van der Waals surface area contributed by atoms with Crippen LogP contribution in [0, 0.1) is 11.7 Å². The predicted molar refractivity (Wildman–Crippen MR) is 68.8 cm³/mol. The van der Waals surface area contributed by atoms with E-state index in [0.29, 0.717) is 6.04 Å². The van der Waals surface area contributed by atoms with Crippen LogP contribution in [-0.4, -0.2) is 22.6 Å². The second kappa shape index (κ2) is 4.88. The molecular weight excluding hydrogens is 229 g/mol. The van der Waals surface area contributed by atoms with Gasteiger partial charge in [0.1, 0.15) is 0 Å². The van der Waals surface area contributed by atoms with Gasteiger partial charge in [0.2, 0.25) is 0 Å². The Morgan fingerprint density at radius 3 is 2.89 bits per heavy atom. The molecule has 2 atom stereocenters. The number of halogens is 1. The molecule has 18 heavy (non-hydrogen) atoms. The van der Waals surface area contributed by atoms with Gasteiger partial charge in [-0.15, -0.1) is 0 Å². The van der Waals surface area contributed by atoms with Crippen LogP contribution in [0.5, 0.6) is 5.75 Å². The molecule has 1 aliphatic carbocycles. The third kappa shape index (κ3) is 2.24. The number of fused-ring (bicyclic) bond motifs is 1. The van der Waals surface area contributed by atoms with Crippen LogP contribution in [0.25, 0.3) is 0 Å². The van der Waals surface area contributed by atoms with E-state index < -0.39 is 5.82 Å². The van der Waals surface area contributed by atoms with Gasteiger partial charge in [-0.1, -0.05) is 12.5 Å². The van der Waals surface area contributed by atoms with Gasteiger partial charge in [-0.25, -0.2) is 4.39 Å². The molecule has 98 valence electrons. The van der Waals surface area contributed by atoms with Crippen LogP contribution < -0.4 is 0 Å². The summed E-state index contributed by atoms with van der Waals surface area (Å²) < 4.78 is 13.3. The number of piperidine rings is 1. The van der Waals surface area contributed by atoms with E-state index in [9.17, 15) is 9.50 Å². The van der Waals surface area contributed by atoms with Gasteiger partial charge in [0.25, 0.3) is 0 Å². The molecule has 1 saturated carbocycles. The number of hydrogen-bond acceptors (Lipinski definition) is 2. The number of aromatic hydroxyl groups is 1. The number of likely N-dealkylation sites (tertiary alicyclic amines) is 1. The maximum Gasteiger partial charge on any atom is 0.165 e. The lowest BCUT2D eigenvalue weighted by molar-refractivity contribution is 0.106. The molecule has 1 N–H and O–H groups in total. The van der Waals surface area contributed by atoms with Crippen molar-refractivity contribution in [1.82, 2.24) is 4.90 Å². The summed E-state index contributed by atoms with van der Waals surface area (Å²) in [5.74, 6) is 0.101. The Bertz CT molecular complexity index is 435. The van der Waals surface area contributed by atoms with Crippen molar-refractivity contribution in [2.24, 2.45) is 5.92 Å². The molecular formula is C15H20FNO. The summed E-state index contributed by atoms with van der Waals surface area (Å²) in [6.07, 6.45) is 6.64. The molecule has 1 aliphatic heterocycles. The van der Waals surface area contributed by atoms with E-state index in [0.717, 1.165) is 24.6 Å². The lowest BCUT2D eigenvalue weighted by Gasteiger charge is -2.37. The van der Waals surface area contributed by atoms with Gasteiger partial charge in [-0.2, -0.15) is 0 Å². The lowest BCUT2D eigenvalue weighted by atomic mass is 9.91. The second-order valence-electron chi connectivity index (χ2n) is 5.66. The van der Waals surface area contributed by atoms with Crippen LogP contribution in [0.15, 0.2) is 18.2 Å². The summed E-state index contributed by atoms with van der Waals surface area (Å²) in [6, 6.07) is 5.46. The van der Waals surface area contributed by atoms with Gasteiger partial charge in [0, 0.05) is 12.6 Å². The molecule has 2 nitrogen and oxygen atoms in total. The highest BCUT2D eigenvalue weighted by Crippen LogP contribution is 2.37. The Balaban J connectivity index is 1.73. The molecule has 2 fully saturated rings. The summed E-state index contributed by atoms with van der Waals surface area (Å²) in [5.41, 5.74) is 0.970. The van der Waals surface area contributed by atoms with Crippen molar-refractivity contribution in [3.63, 3.8) is 0 Å². The third-order valence-electron chi connectivity index (χ3n) is 4.51. The lowest BCUT2D eigenvalue weighted by Crippen LogP contribution is -2.41. The summed E-state index contributed by atoms with van der Waals surface area (Å²) in [6.45, 7) is 1.95. The van der Waals surface area contributed by atoms with Crippen LogP contribution in [0.2, 0.25) is 0 Å². The fourth-order valence-corrected chi connectivity index (χ4v) is 3.64. The molecule has 0 aromatic heterocycles. The number of hydrogen-bond donors (Lipinski definition) is 1. The molecule has 1 heterocycles. The minimum Gasteiger partial charge on any atom is -0.505 e. The standard InChI is InChI=1S/C15H20FNO/c16-13-9-11(6-7-15(13)18)10-17-8-2-4-12-3-1-5-14(12)17/h6-7,9,12,14,18H,1-5,8,10H2. The highest BCUT2D eigenvalue weighted by molar-refractivity contribution is 5.28. The minimum absolute atomic E-state index is 0.254. The molecule has 0 amide bonds. The maximum absolute atomic E-state index is 13.3. The quantitative estimate of drug-likeness (QED) is 0.869. The first-order valence-electron chi connectivity index (χ1n) is 6.95. The number of benzene rings is 1. The fourth-order valence-electron chi connectivity index (χ4n) is 3.64. The van der Waals surface area contributed by atoms with Gasteiger partial charge < -0.3 is 5.11 Å². The van der Waals surface area contributed by atoms with E-state index in [4.69, 9.17) is 0 Å². The van der Waals surface area contributed by atoms with Crippen LogP contribution in [0.4, 0.5) is 4.39 Å². The highest BCUT2D eigenvalue weighted by atomic mass is 19.1. The Labute approximate surface area is 107 Å². The average Bonchev–Trinajstić information content (AvgIpc) is 2.83. The van der Waals surface area contributed by atoms with Crippen molar-refractivity contribution in [3.8, 4) is 5.75 Å². The number of phenols is 1. The normalized spacial score (nSPS) is 28.3. The van der Waals surface area contributed by atoms with Crippen molar-refractivity contribution < 1.29 is 9.50 Å². The van der Waals surface area contributed by atoms with Gasteiger partial charge in [-0.05, 0) is 55.8 Å². The first-order valence-corrected chi connectivity index (χ1v) is 6.95. The van der Waals surface area contributed by atoms with Crippen LogP contribution in [0.1, 0.15) is 37.7 Å². The number of rotatable bonds is 2. The summed E-state index contributed by atoms with van der Waals surface area (Å²) in [4.78, 5) is 2.51. The first kappa shape index (κ1) is 12.0. The van der Waals surface area contributed by atoms with E-state index in [2.05, 4.69) is 4.90 Å². The van der Waals surface area contributed by atoms with Crippen LogP contribution in [-0.2, 0) is 6.54 Å². The van der Waals surface area contributed by atoms with Gasteiger partial charge in [0.15, 0.2) is 11.6 Å². The van der Waals surface area contributed by atoms with Crippen molar-refractivity contribution in [2.45, 2.75) is 44.7 Å². The molecule has 0 radical (unpaired) electrons. The molecule has 0 bridgehead atoms. The van der Waals surface area contributed by atoms with Crippen LogP contribution in [0.3, 0.4) is 0 Å². The summed E-state index contributed by atoms with van der Waals surface area (Å²) in [5, 5.41) is 9.21. The smallest absolute Gasteiger partial charge is 0.165 e. The first-order chi connectivity index (χ1) is 8.74. The zero-order valence-electron chi connectivity index (χ0n) is 10.6. The fraction of sp³-hybridized carbons (Fsp3) is 0.600. The average molecular weight is 249 g/mol. The Morgan fingerprint density at radius 2 is 2.06 bits per heavy atom. The SMILES string of the molecule is Oc1ccc(CN2CCCC3CCCC32)cc1F. The van der Waals surface area contributed by atoms with Crippen LogP contribution >= 0.6 is 0 Å². The molecule has 3 heteroatoms. The van der Waals surface area contributed by atoms with Crippen molar-refractivity contribution >= 4 is 0 Å². The van der Waals surface area contributed by atoms with Crippen molar-refractivity contribution in [3.05, 3.63) is 29.6 Å². The monoisotopic (exact) mass is 249 g/mol. The minimum atomic E-state index is -0.507. The zero-order chi connectivity index (χ0) is 12.5. The molecule has 0 spiro atoms. The van der Waals surface area contributed by atoms with Gasteiger partial charge in [0.05, 0.1) is 0 Å². The van der Waals surface area contributed by atoms with Gasteiger partial charge in [-0.3, -0.25) is 4.90 Å². The highest BCUT2D eigenvalue weighted by Gasteiger charge is 2.34. The predicted octanol–water partition coefficient (Wildman–Crippen LogP) is 3.30. The van der Waals surface area contributed by atoms with E-state index in [-0.39, 0.29) is 5.75 Å². The molecule has 3 rings (SSSR count). The van der Waals surface area contributed by atoms with Crippen molar-refractivity contribution in [1.29, 1.82) is 0 Å². The molecule has 1 saturated heterocycles. The molecule has 1 aromatic carbocycles. The van der Waals surface area contributed by atoms with Gasteiger partial charge >= 0.3 is 0 Å². The Kier molecular flexibility index (Phi) is 3.25. The molecule has 2 aliphatic rings. The van der Waals surface area contributed by atoms with E-state index in [1.807, 2.05) is 6.07 Å². The largest absolute Gasteiger partial charge is 0.505 e. The Morgan fingerprint density at radius 1 is 1.22 bits per heavy atom. The molecule has 1 aromatic rings. The second-order valence-corrected chi connectivity index (χ2v) is 5.66. The third-order valence-corrected chi connectivity index (χ3v) is 4.51. The number of phenolic OH excluding ortho intramolecular Hbond substituents is 1. The van der Waals surface area contributed by atoms with E-state index in [1.54, 1.807) is 0 Å². The maximum atomic E-state index is 13.3. The zero-order valence-corrected chi connectivity index (χ0v) is 10.6. The number of nitrogens with zero attached hydrogens (tertiary/aromatic N) is 1. The summed E-state index contributed by atoms with van der Waals surface area (Å²) >= 11 is 0. The van der Waals surface area contributed by atoms with E-state index in [1.165, 1.54) is 44.2 Å². The Hall–Kier alpha value is -1.09. The van der Waals surface area contributed by atoms with Crippen molar-refractivity contribution in [2.75, 3.05) is 6.54 Å². The molecule has 2 unspecified atom stereocenters. The summed E-state index contributed by atoms with van der Waals surface area (Å²) in [7, 11) is 0. The van der Waals surface area contributed by atoms with E-state index >= 15 is 0 Å². The topological polar surface area (TPSA) is 23.5 Å².